The number of ether oxygens (including phenoxy) is 4. The van der Waals surface area contributed by atoms with Crippen LogP contribution < -0.4 is 14.8 Å². The van der Waals surface area contributed by atoms with Gasteiger partial charge in [0.25, 0.3) is 5.88 Å². The summed E-state index contributed by atoms with van der Waals surface area (Å²) in [6.07, 6.45) is 13.9. The molecule has 0 radical (unpaired) electrons. The van der Waals surface area contributed by atoms with Crippen molar-refractivity contribution in [1.29, 1.82) is 0 Å². The van der Waals surface area contributed by atoms with Crippen molar-refractivity contribution in [3.8, 4) is 22.8 Å². The Morgan fingerprint density at radius 3 is 2.51 bits per heavy atom. The Morgan fingerprint density at radius 2 is 1.79 bits per heavy atom. The smallest absolute Gasteiger partial charge is 0.256 e. The second-order valence-corrected chi connectivity index (χ2v) is 12.6. The number of nitrogens with zero attached hydrogens (tertiary/aromatic N) is 8. The molecule has 0 bridgehead atoms. The lowest BCUT2D eigenvalue weighted by Gasteiger charge is -2.38. The van der Waals surface area contributed by atoms with E-state index in [0.29, 0.717) is 47.8 Å². The van der Waals surface area contributed by atoms with E-state index >= 15 is 0 Å². The van der Waals surface area contributed by atoms with Crippen molar-refractivity contribution in [2.45, 2.75) is 76.8 Å². The third-order valence-electron chi connectivity index (χ3n) is 8.87. The first-order valence-corrected chi connectivity index (χ1v) is 16.8. The first-order chi connectivity index (χ1) is 22.9. The molecule has 1 aromatic carbocycles. The summed E-state index contributed by atoms with van der Waals surface area (Å²) in [6, 6.07) is 6.57. The molecule has 1 saturated heterocycles. The number of methoxy groups -OCH3 is 1. The van der Waals surface area contributed by atoms with Crippen LogP contribution >= 0.6 is 11.6 Å². The van der Waals surface area contributed by atoms with Crippen molar-refractivity contribution in [3.05, 3.63) is 54.5 Å². The van der Waals surface area contributed by atoms with Gasteiger partial charge < -0.3 is 24.3 Å². The Labute approximate surface area is 280 Å². The molecule has 4 aromatic rings. The summed E-state index contributed by atoms with van der Waals surface area (Å²) in [5, 5.41) is 12.9. The standard InChI is InChI=1S/C33H44ClN9O4/c1-23(44-3)10-13-46-32-30(20-43(40-32)28-7-5-27(6-8-28)41-11-14-45-15-12-41)39-33-36-17-26(18-37-33)25-4-9-29(34)31(16-25)47-24(2)19-42-22-35-21-38-42/h4,9,16-18,20-24,27-28H,5-8,10-15,19H2,1-3H3,(H,36,37,39)/t23?,24-,27-,28-/m0/s1. The third-order valence-corrected chi connectivity index (χ3v) is 9.18. The van der Waals surface area contributed by atoms with Crippen LogP contribution in [0.25, 0.3) is 11.1 Å². The van der Waals surface area contributed by atoms with Crippen LogP contribution in [0.3, 0.4) is 0 Å². The van der Waals surface area contributed by atoms with Crippen molar-refractivity contribution in [3.63, 3.8) is 0 Å². The van der Waals surface area contributed by atoms with Gasteiger partial charge in [-0.3, -0.25) is 9.58 Å². The minimum absolute atomic E-state index is 0.0931. The minimum atomic E-state index is -0.165. The minimum Gasteiger partial charge on any atom is -0.487 e. The number of rotatable bonds is 14. The number of halogens is 1. The average molecular weight is 666 g/mol. The first kappa shape index (κ1) is 33.1. The molecule has 0 spiro atoms. The zero-order valence-corrected chi connectivity index (χ0v) is 28.1. The summed E-state index contributed by atoms with van der Waals surface area (Å²) >= 11 is 6.47. The molecule has 1 N–H and O–H groups in total. The van der Waals surface area contributed by atoms with E-state index in [1.165, 1.54) is 6.33 Å². The molecule has 2 fully saturated rings. The van der Waals surface area contributed by atoms with E-state index in [9.17, 15) is 0 Å². The van der Waals surface area contributed by atoms with E-state index < -0.39 is 0 Å². The fourth-order valence-corrected chi connectivity index (χ4v) is 6.27. The quantitative estimate of drug-likeness (QED) is 0.186. The monoisotopic (exact) mass is 665 g/mol. The van der Waals surface area contributed by atoms with Gasteiger partial charge in [-0.25, -0.2) is 19.6 Å². The molecular formula is C33H44ClN9O4. The average Bonchev–Trinajstić information content (AvgIpc) is 3.76. The maximum absolute atomic E-state index is 6.47. The Morgan fingerprint density at radius 1 is 1.02 bits per heavy atom. The summed E-state index contributed by atoms with van der Waals surface area (Å²) in [6.45, 7) is 8.74. The highest BCUT2D eigenvalue weighted by Gasteiger charge is 2.29. The van der Waals surface area contributed by atoms with Gasteiger partial charge in [-0.1, -0.05) is 17.7 Å². The number of benzene rings is 1. The van der Waals surface area contributed by atoms with E-state index in [-0.39, 0.29) is 12.2 Å². The predicted octanol–water partition coefficient (Wildman–Crippen LogP) is 5.42. The van der Waals surface area contributed by atoms with Crippen LogP contribution in [0.1, 0.15) is 52.0 Å². The maximum atomic E-state index is 6.47. The van der Waals surface area contributed by atoms with Gasteiger partial charge in [-0.05, 0) is 57.2 Å². The fraction of sp³-hybridized carbons (Fsp3) is 0.545. The number of anilines is 2. The SMILES string of the molecule is COC(C)CCOc1nn([C@H]2CC[C@H](N3CCOCC3)CC2)cc1Nc1ncc(-c2ccc(Cl)c(O[C@@H](C)Cn3cncn3)c2)cn1. The maximum Gasteiger partial charge on any atom is 0.256 e. The number of hydrogen-bond acceptors (Lipinski definition) is 11. The molecule has 3 aromatic heterocycles. The van der Waals surface area contributed by atoms with Crippen molar-refractivity contribution >= 4 is 23.2 Å². The van der Waals surface area contributed by atoms with Crippen LogP contribution in [-0.4, -0.2) is 97.7 Å². The Balaban J connectivity index is 1.12. The van der Waals surface area contributed by atoms with Gasteiger partial charge in [0, 0.05) is 50.6 Å². The van der Waals surface area contributed by atoms with E-state index in [2.05, 4.69) is 34.9 Å². The van der Waals surface area contributed by atoms with Crippen LogP contribution in [0.15, 0.2) is 49.4 Å². The molecule has 13 nitrogen and oxygen atoms in total. The largest absolute Gasteiger partial charge is 0.487 e. The molecular weight excluding hydrogens is 622 g/mol. The van der Waals surface area contributed by atoms with E-state index in [0.717, 1.165) is 75.2 Å². The summed E-state index contributed by atoms with van der Waals surface area (Å²) in [5.74, 6) is 1.57. The second-order valence-electron chi connectivity index (χ2n) is 12.2. The van der Waals surface area contributed by atoms with Gasteiger partial charge in [0.05, 0.1) is 49.7 Å². The summed E-state index contributed by atoms with van der Waals surface area (Å²) in [5.41, 5.74) is 2.46. The molecule has 14 heteroatoms. The van der Waals surface area contributed by atoms with Crippen LogP contribution in [0.2, 0.25) is 5.02 Å². The summed E-state index contributed by atoms with van der Waals surface area (Å²) in [7, 11) is 1.71. The van der Waals surface area contributed by atoms with Crippen LogP contribution in [0.5, 0.6) is 11.6 Å². The van der Waals surface area contributed by atoms with E-state index in [1.54, 1.807) is 30.5 Å². The van der Waals surface area contributed by atoms with Gasteiger partial charge in [0.2, 0.25) is 5.95 Å². The van der Waals surface area contributed by atoms with Crippen molar-refractivity contribution in [2.24, 2.45) is 0 Å². The second kappa shape index (κ2) is 15.9. The van der Waals surface area contributed by atoms with Crippen LogP contribution in [0.4, 0.5) is 11.6 Å². The highest BCUT2D eigenvalue weighted by molar-refractivity contribution is 6.32. The number of nitrogens with one attached hydrogen (secondary N) is 1. The van der Waals surface area contributed by atoms with Gasteiger partial charge in [-0.2, -0.15) is 5.10 Å². The lowest BCUT2D eigenvalue weighted by Crippen LogP contribution is -2.45. The molecule has 47 heavy (non-hydrogen) atoms. The van der Waals surface area contributed by atoms with Gasteiger partial charge in [0.1, 0.15) is 30.2 Å². The zero-order chi connectivity index (χ0) is 32.6. The van der Waals surface area contributed by atoms with Crippen LogP contribution in [-0.2, 0) is 16.0 Å². The van der Waals surface area contributed by atoms with Crippen LogP contribution in [0, 0.1) is 0 Å². The van der Waals surface area contributed by atoms with E-state index in [1.807, 2.05) is 38.2 Å². The zero-order valence-electron chi connectivity index (χ0n) is 27.3. The Hall–Kier alpha value is -3.78. The molecule has 4 heterocycles. The van der Waals surface area contributed by atoms with Gasteiger partial charge >= 0.3 is 0 Å². The Bertz CT molecular complexity index is 1540. The number of morpholine rings is 1. The van der Waals surface area contributed by atoms with Gasteiger partial charge in [-0.15, -0.1) is 5.10 Å². The molecule has 1 unspecified atom stereocenters. The fourth-order valence-electron chi connectivity index (χ4n) is 6.10. The third kappa shape index (κ3) is 8.78. The van der Waals surface area contributed by atoms with E-state index in [4.69, 9.17) is 35.6 Å². The van der Waals surface area contributed by atoms with Gasteiger partial charge in [0.15, 0.2) is 0 Å². The normalized spacial score (nSPS) is 20.1. The molecule has 1 aliphatic heterocycles. The van der Waals surface area contributed by atoms with Crippen molar-refractivity contribution in [1.82, 2.24) is 39.4 Å². The lowest BCUT2D eigenvalue weighted by atomic mass is 9.90. The molecule has 0 amide bonds. The van der Waals surface area contributed by atoms with Crippen molar-refractivity contribution < 1.29 is 18.9 Å². The molecule has 2 atom stereocenters. The molecule has 2 aliphatic rings. The molecule has 1 saturated carbocycles. The highest BCUT2D eigenvalue weighted by Crippen LogP contribution is 2.35. The summed E-state index contributed by atoms with van der Waals surface area (Å²) < 4.78 is 27.0. The lowest BCUT2D eigenvalue weighted by molar-refractivity contribution is 0.00502. The number of hydrogen-bond donors (Lipinski definition) is 1. The molecule has 252 valence electrons. The molecule has 6 rings (SSSR count). The summed E-state index contributed by atoms with van der Waals surface area (Å²) in [4.78, 5) is 15.8. The highest BCUT2D eigenvalue weighted by atomic mass is 35.5. The van der Waals surface area contributed by atoms with Crippen molar-refractivity contribution in [2.75, 3.05) is 45.3 Å². The molecule has 1 aliphatic carbocycles. The predicted molar refractivity (Wildman–Crippen MR) is 178 cm³/mol. The first-order valence-electron chi connectivity index (χ1n) is 16.4. The Kier molecular flexibility index (Phi) is 11.2. The topological polar surface area (TPSA) is 127 Å². The number of aromatic nitrogens is 7.